The number of aryl methyl sites for hydroxylation is 1. The molecule has 2 aromatic rings. The van der Waals surface area contributed by atoms with Gasteiger partial charge in [-0.3, -0.25) is 0 Å². The van der Waals surface area contributed by atoms with Crippen molar-refractivity contribution in [1.29, 1.82) is 0 Å². The first-order valence-corrected chi connectivity index (χ1v) is 7.48. The van der Waals surface area contributed by atoms with Crippen LogP contribution in [0, 0.1) is 6.92 Å². The Kier molecular flexibility index (Phi) is 3.98. The van der Waals surface area contributed by atoms with Crippen LogP contribution in [0.3, 0.4) is 0 Å². The number of imidazole rings is 1. The Morgan fingerprint density at radius 2 is 2.36 bits per heavy atom. The highest BCUT2D eigenvalue weighted by Gasteiger charge is 2.36. The summed E-state index contributed by atoms with van der Waals surface area (Å²) in [6.07, 6.45) is 0.651. The van der Waals surface area contributed by atoms with Crippen molar-refractivity contribution in [3.63, 3.8) is 0 Å². The Hall–Kier alpha value is -1.41. The maximum absolute atomic E-state index is 10.2. The van der Waals surface area contributed by atoms with Gasteiger partial charge in [0.15, 0.2) is 16.6 Å². The smallest absolute Gasteiger partial charge is 0.177 e. The normalized spacial score (nSPS) is 22.1. The zero-order chi connectivity index (χ0) is 15.9. The maximum atomic E-state index is 10.2. The molecule has 0 spiro atoms. The minimum atomic E-state index is -0.704. The molecule has 1 fully saturated rings. The molecule has 2 N–H and O–H groups in total. The van der Waals surface area contributed by atoms with Crippen molar-refractivity contribution in [3.8, 4) is 0 Å². The predicted molar refractivity (Wildman–Crippen MR) is 82.1 cm³/mol. The van der Waals surface area contributed by atoms with E-state index in [1.165, 1.54) is 0 Å². The third-order valence-corrected chi connectivity index (χ3v) is 3.75. The summed E-state index contributed by atoms with van der Waals surface area (Å²) in [7, 11) is 0. The molecule has 3 heterocycles. The van der Waals surface area contributed by atoms with Crippen molar-refractivity contribution in [2.75, 3.05) is 18.5 Å². The van der Waals surface area contributed by atoms with E-state index in [2.05, 4.69) is 15.4 Å². The van der Waals surface area contributed by atoms with Gasteiger partial charge >= 0.3 is 0 Å². The summed E-state index contributed by atoms with van der Waals surface area (Å²) in [5.74, 6) is -0.654. The number of aliphatic hydroxyl groups is 1. The van der Waals surface area contributed by atoms with Crippen LogP contribution in [0.1, 0.15) is 19.5 Å². The number of nitrogens with zero attached hydrogens (tertiary/aromatic N) is 3. The third-order valence-electron chi connectivity index (χ3n) is 3.57. The minimum Gasteiger partial charge on any atom is -0.388 e. The number of ether oxygens (including phenoxy) is 2. The van der Waals surface area contributed by atoms with E-state index >= 15 is 0 Å². The molecule has 3 rings (SSSR count). The molecule has 0 aromatic carbocycles. The summed E-state index contributed by atoms with van der Waals surface area (Å²) in [6, 6.07) is 1.69. The number of aromatic nitrogens is 3. The van der Waals surface area contributed by atoms with Gasteiger partial charge in [-0.05, 0) is 20.8 Å². The summed E-state index contributed by atoms with van der Waals surface area (Å²) < 4.78 is 12.8. The Labute approximate surface area is 133 Å². The van der Waals surface area contributed by atoms with Gasteiger partial charge in [0.2, 0.25) is 0 Å². The molecule has 1 aliphatic heterocycles. The van der Waals surface area contributed by atoms with Gasteiger partial charge in [0.05, 0.1) is 30.3 Å². The van der Waals surface area contributed by atoms with Crippen molar-refractivity contribution >= 4 is 22.9 Å². The number of hydrogen-bond acceptors (Lipinski definition) is 6. The topological polar surface area (TPSA) is 80.9 Å². The molecule has 2 atom stereocenters. The summed E-state index contributed by atoms with van der Waals surface area (Å²) in [4.78, 5) is 4.30. The lowest BCUT2D eigenvalue weighted by Crippen LogP contribution is -2.35. The van der Waals surface area contributed by atoms with E-state index in [4.69, 9.17) is 21.1 Å². The standard InChI is InChI=1S/C14H19ClN4O3/c1-8-5-17-13-9(4-12(15)18-19(8)13)16-6-10(20)11-7-21-14(2,3)22-11/h4-5,10-11,16,20H,6-7H2,1-3H3/t10?,11-/m1/s1. The van der Waals surface area contributed by atoms with Crippen LogP contribution in [-0.2, 0) is 9.47 Å². The first kappa shape index (κ1) is 15.5. The van der Waals surface area contributed by atoms with E-state index in [0.717, 1.165) is 5.69 Å². The van der Waals surface area contributed by atoms with Crippen LogP contribution in [0.25, 0.3) is 5.65 Å². The molecule has 1 saturated heterocycles. The molecule has 1 aliphatic rings. The lowest BCUT2D eigenvalue weighted by molar-refractivity contribution is -0.149. The van der Waals surface area contributed by atoms with Crippen molar-refractivity contribution in [3.05, 3.63) is 23.1 Å². The Balaban J connectivity index is 1.71. The van der Waals surface area contributed by atoms with Crippen molar-refractivity contribution < 1.29 is 14.6 Å². The highest BCUT2D eigenvalue weighted by Crippen LogP contribution is 2.25. The number of anilines is 1. The lowest BCUT2D eigenvalue weighted by Gasteiger charge is -2.21. The average Bonchev–Trinajstić information content (AvgIpc) is 2.99. The van der Waals surface area contributed by atoms with Crippen molar-refractivity contribution in [2.24, 2.45) is 0 Å². The van der Waals surface area contributed by atoms with Gasteiger partial charge in [0.25, 0.3) is 0 Å². The molecule has 0 amide bonds. The van der Waals surface area contributed by atoms with Crippen molar-refractivity contribution in [1.82, 2.24) is 14.6 Å². The molecule has 0 bridgehead atoms. The third kappa shape index (κ3) is 3.03. The molecular formula is C14H19ClN4O3. The second-order valence-electron chi connectivity index (χ2n) is 5.83. The maximum Gasteiger partial charge on any atom is 0.177 e. The summed E-state index contributed by atoms with van der Waals surface area (Å²) in [5.41, 5.74) is 2.26. The first-order valence-electron chi connectivity index (χ1n) is 7.10. The van der Waals surface area contributed by atoms with Gasteiger partial charge in [-0.25, -0.2) is 9.50 Å². The van der Waals surface area contributed by atoms with E-state index in [1.54, 1.807) is 16.8 Å². The molecule has 0 radical (unpaired) electrons. The van der Waals surface area contributed by atoms with Gasteiger partial charge < -0.3 is 19.9 Å². The average molecular weight is 327 g/mol. The molecule has 0 saturated carbocycles. The number of nitrogens with one attached hydrogen (secondary N) is 1. The Bertz CT molecular complexity index is 688. The molecule has 0 aliphatic carbocycles. The Morgan fingerprint density at radius 1 is 1.59 bits per heavy atom. The van der Waals surface area contributed by atoms with Crippen LogP contribution in [0.5, 0.6) is 0 Å². The lowest BCUT2D eigenvalue weighted by atomic mass is 10.2. The monoisotopic (exact) mass is 326 g/mol. The van der Waals surface area contributed by atoms with Crippen LogP contribution in [0.15, 0.2) is 12.3 Å². The fourth-order valence-electron chi connectivity index (χ4n) is 2.43. The summed E-state index contributed by atoms with van der Waals surface area (Å²) >= 11 is 6.03. The number of halogens is 1. The molecule has 2 aromatic heterocycles. The molecule has 8 heteroatoms. The zero-order valence-electron chi connectivity index (χ0n) is 12.7. The number of hydrogen-bond donors (Lipinski definition) is 2. The quantitative estimate of drug-likeness (QED) is 0.888. The van der Waals surface area contributed by atoms with Crippen LogP contribution in [-0.4, -0.2) is 50.9 Å². The Morgan fingerprint density at radius 3 is 3.05 bits per heavy atom. The molecular weight excluding hydrogens is 308 g/mol. The predicted octanol–water partition coefficient (Wildman–Crippen LogP) is 1.62. The van der Waals surface area contributed by atoms with Gasteiger partial charge in [-0.1, -0.05) is 11.6 Å². The van der Waals surface area contributed by atoms with Gasteiger partial charge in [0, 0.05) is 12.6 Å². The molecule has 120 valence electrons. The number of aliphatic hydroxyl groups excluding tert-OH is 1. The van der Waals surface area contributed by atoms with Gasteiger partial charge in [0.1, 0.15) is 6.10 Å². The second kappa shape index (κ2) is 5.66. The van der Waals surface area contributed by atoms with Crippen LogP contribution >= 0.6 is 11.6 Å². The SMILES string of the molecule is Cc1cnc2c(NCC(O)[C@H]3COC(C)(C)O3)cc(Cl)nn12. The summed E-state index contributed by atoms with van der Waals surface area (Å²) in [6.45, 7) is 6.21. The van der Waals surface area contributed by atoms with Gasteiger partial charge in [-0.15, -0.1) is 0 Å². The van der Waals surface area contributed by atoms with E-state index in [0.29, 0.717) is 29.6 Å². The largest absolute Gasteiger partial charge is 0.388 e. The van der Waals surface area contributed by atoms with Crippen LogP contribution < -0.4 is 5.32 Å². The fourth-order valence-corrected chi connectivity index (χ4v) is 2.61. The molecule has 1 unspecified atom stereocenters. The van der Waals surface area contributed by atoms with Crippen molar-refractivity contribution in [2.45, 2.75) is 38.8 Å². The van der Waals surface area contributed by atoms with E-state index in [9.17, 15) is 5.11 Å². The second-order valence-corrected chi connectivity index (χ2v) is 6.22. The number of rotatable bonds is 4. The van der Waals surface area contributed by atoms with Crippen LogP contribution in [0.4, 0.5) is 5.69 Å². The molecule has 22 heavy (non-hydrogen) atoms. The molecule has 7 nitrogen and oxygen atoms in total. The van der Waals surface area contributed by atoms with E-state index in [1.807, 2.05) is 20.8 Å². The fraction of sp³-hybridized carbons (Fsp3) is 0.571. The highest BCUT2D eigenvalue weighted by molar-refractivity contribution is 6.29. The highest BCUT2D eigenvalue weighted by atomic mass is 35.5. The first-order chi connectivity index (χ1) is 10.4. The summed E-state index contributed by atoms with van der Waals surface area (Å²) in [5, 5.41) is 17.9. The minimum absolute atomic E-state index is 0.298. The zero-order valence-corrected chi connectivity index (χ0v) is 13.5. The van der Waals surface area contributed by atoms with Crippen LogP contribution in [0.2, 0.25) is 5.15 Å². The van der Waals surface area contributed by atoms with E-state index < -0.39 is 11.9 Å². The van der Waals surface area contributed by atoms with E-state index in [-0.39, 0.29) is 6.10 Å². The van der Waals surface area contributed by atoms with Gasteiger partial charge in [-0.2, -0.15) is 5.10 Å². The number of fused-ring (bicyclic) bond motifs is 1.